The second-order valence-electron chi connectivity index (χ2n) is 5.27. The molecule has 0 atom stereocenters. The van der Waals surface area contributed by atoms with E-state index in [-0.39, 0.29) is 23.8 Å². The maximum Gasteiger partial charge on any atom is 0.268 e. The zero-order valence-corrected chi connectivity index (χ0v) is 13.1. The smallest absolute Gasteiger partial charge is 0.268 e. The molecule has 0 saturated carbocycles. The SMILES string of the molecule is NC(=NCn1nc(-c2cc(F)cc(F)c2)ccc1=O)c1ccccc1. The number of amidine groups is 1. The minimum absolute atomic E-state index is 0.106. The summed E-state index contributed by atoms with van der Waals surface area (Å²) in [4.78, 5) is 16.1. The van der Waals surface area contributed by atoms with Gasteiger partial charge in [0, 0.05) is 23.3 Å². The molecule has 0 bridgehead atoms. The van der Waals surface area contributed by atoms with Crippen LogP contribution in [-0.2, 0) is 6.67 Å². The van der Waals surface area contributed by atoms with Gasteiger partial charge in [0.25, 0.3) is 5.56 Å². The minimum atomic E-state index is -0.721. The average molecular weight is 340 g/mol. The van der Waals surface area contributed by atoms with E-state index >= 15 is 0 Å². The van der Waals surface area contributed by atoms with Crippen molar-refractivity contribution in [1.82, 2.24) is 9.78 Å². The lowest BCUT2D eigenvalue weighted by Crippen LogP contribution is -2.23. The Morgan fingerprint density at radius 1 is 1.04 bits per heavy atom. The number of hydrogen-bond acceptors (Lipinski definition) is 3. The molecule has 2 N–H and O–H groups in total. The summed E-state index contributed by atoms with van der Waals surface area (Å²) in [5.41, 5.74) is 6.70. The molecule has 0 aliphatic carbocycles. The summed E-state index contributed by atoms with van der Waals surface area (Å²) in [7, 11) is 0. The Kier molecular flexibility index (Phi) is 4.65. The lowest BCUT2D eigenvalue weighted by molar-refractivity contribution is 0.582. The van der Waals surface area contributed by atoms with E-state index in [4.69, 9.17) is 5.73 Å². The molecule has 2 aromatic carbocycles. The minimum Gasteiger partial charge on any atom is -0.383 e. The van der Waals surface area contributed by atoms with E-state index in [2.05, 4.69) is 10.1 Å². The number of aromatic nitrogens is 2. The van der Waals surface area contributed by atoms with Crippen molar-refractivity contribution in [3.63, 3.8) is 0 Å². The van der Waals surface area contributed by atoms with Crippen LogP contribution in [-0.4, -0.2) is 15.6 Å². The molecule has 0 spiro atoms. The van der Waals surface area contributed by atoms with Gasteiger partial charge in [-0.05, 0) is 18.2 Å². The van der Waals surface area contributed by atoms with Gasteiger partial charge < -0.3 is 5.73 Å². The molecule has 5 nitrogen and oxygen atoms in total. The highest BCUT2D eigenvalue weighted by Gasteiger charge is 2.07. The molecule has 25 heavy (non-hydrogen) atoms. The fourth-order valence-electron chi connectivity index (χ4n) is 2.25. The normalized spacial score (nSPS) is 11.5. The topological polar surface area (TPSA) is 73.3 Å². The highest BCUT2D eigenvalue weighted by Crippen LogP contribution is 2.18. The molecule has 0 aliphatic rings. The van der Waals surface area contributed by atoms with E-state index < -0.39 is 17.2 Å². The molecule has 126 valence electrons. The van der Waals surface area contributed by atoms with Crippen molar-refractivity contribution in [1.29, 1.82) is 0 Å². The number of rotatable bonds is 4. The molecule has 0 amide bonds. The molecule has 0 unspecified atom stereocenters. The van der Waals surface area contributed by atoms with Crippen LogP contribution >= 0.6 is 0 Å². The Morgan fingerprint density at radius 3 is 2.40 bits per heavy atom. The van der Waals surface area contributed by atoms with Crippen LogP contribution in [0.3, 0.4) is 0 Å². The predicted octanol–water partition coefficient (Wildman–Crippen LogP) is 2.55. The Balaban J connectivity index is 1.91. The van der Waals surface area contributed by atoms with Gasteiger partial charge in [0.05, 0.1) is 5.69 Å². The summed E-state index contributed by atoms with van der Waals surface area (Å²) >= 11 is 0. The Bertz CT molecular complexity index is 964. The van der Waals surface area contributed by atoms with Crippen molar-refractivity contribution in [3.8, 4) is 11.3 Å². The van der Waals surface area contributed by atoms with Crippen molar-refractivity contribution in [2.24, 2.45) is 10.7 Å². The van der Waals surface area contributed by atoms with Crippen LogP contribution in [0.5, 0.6) is 0 Å². The first-order chi connectivity index (χ1) is 12.0. The van der Waals surface area contributed by atoms with Gasteiger partial charge in [0.2, 0.25) is 0 Å². The number of nitrogens with zero attached hydrogens (tertiary/aromatic N) is 3. The average Bonchev–Trinajstić information content (AvgIpc) is 2.60. The number of nitrogens with two attached hydrogens (primary N) is 1. The second kappa shape index (κ2) is 7.04. The monoisotopic (exact) mass is 340 g/mol. The first kappa shape index (κ1) is 16.5. The second-order valence-corrected chi connectivity index (χ2v) is 5.27. The van der Waals surface area contributed by atoms with Crippen LogP contribution in [0.25, 0.3) is 11.3 Å². The summed E-state index contributed by atoms with van der Waals surface area (Å²) in [6.07, 6.45) is 0. The fourth-order valence-corrected chi connectivity index (χ4v) is 2.25. The van der Waals surface area contributed by atoms with Crippen molar-refractivity contribution in [2.45, 2.75) is 6.67 Å². The molecule has 0 saturated heterocycles. The molecular weight excluding hydrogens is 326 g/mol. The molecule has 7 heteroatoms. The van der Waals surface area contributed by atoms with Crippen molar-refractivity contribution in [2.75, 3.05) is 0 Å². The Morgan fingerprint density at radius 2 is 1.72 bits per heavy atom. The van der Waals surface area contributed by atoms with Gasteiger partial charge >= 0.3 is 0 Å². The summed E-state index contributed by atoms with van der Waals surface area (Å²) in [5, 5.41) is 4.10. The highest BCUT2D eigenvalue weighted by atomic mass is 19.1. The van der Waals surface area contributed by atoms with Gasteiger partial charge in [0.1, 0.15) is 24.1 Å². The Labute approximate surface area is 142 Å². The summed E-state index contributed by atoms with van der Waals surface area (Å²) in [6.45, 7) is -0.106. The molecule has 3 aromatic rings. The fraction of sp³-hybridized carbons (Fsp3) is 0.0556. The molecule has 3 rings (SSSR count). The highest BCUT2D eigenvalue weighted by molar-refractivity contribution is 5.97. The van der Waals surface area contributed by atoms with Crippen LogP contribution in [0.15, 0.2) is 70.5 Å². The third-order valence-corrected chi connectivity index (χ3v) is 3.47. The van der Waals surface area contributed by atoms with Gasteiger partial charge in [-0.25, -0.2) is 18.5 Å². The summed E-state index contributed by atoms with van der Waals surface area (Å²) in [5.74, 6) is -1.18. The first-order valence-electron chi connectivity index (χ1n) is 7.43. The van der Waals surface area contributed by atoms with Crippen molar-refractivity contribution in [3.05, 3.63) is 88.2 Å². The van der Waals surface area contributed by atoms with E-state index in [9.17, 15) is 13.6 Å². The van der Waals surface area contributed by atoms with Gasteiger partial charge in [-0.1, -0.05) is 30.3 Å². The lowest BCUT2D eigenvalue weighted by atomic mass is 10.1. The van der Waals surface area contributed by atoms with Crippen LogP contribution in [0.2, 0.25) is 0 Å². The van der Waals surface area contributed by atoms with Gasteiger partial charge in [-0.3, -0.25) is 4.79 Å². The molecular formula is C18H14F2N4O. The van der Waals surface area contributed by atoms with Gasteiger partial charge in [-0.2, -0.15) is 5.10 Å². The number of halogens is 2. The van der Waals surface area contributed by atoms with Crippen LogP contribution in [0, 0.1) is 11.6 Å². The lowest BCUT2D eigenvalue weighted by Gasteiger charge is -2.06. The maximum absolute atomic E-state index is 13.4. The van der Waals surface area contributed by atoms with E-state index in [0.29, 0.717) is 0 Å². The molecule has 0 aliphatic heterocycles. The van der Waals surface area contributed by atoms with Gasteiger partial charge in [-0.15, -0.1) is 0 Å². The van der Waals surface area contributed by atoms with E-state index in [1.807, 2.05) is 18.2 Å². The zero-order chi connectivity index (χ0) is 17.8. The van der Waals surface area contributed by atoms with Crippen LogP contribution in [0.4, 0.5) is 8.78 Å². The first-order valence-corrected chi connectivity index (χ1v) is 7.43. The number of benzene rings is 2. The molecule has 1 aromatic heterocycles. The van der Waals surface area contributed by atoms with Gasteiger partial charge in [0.15, 0.2) is 0 Å². The number of aliphatic imine (C=N–C) groups is 1. The summed E-state index contributed by atoms with van der Waals surface area (Å²) in [6, 6.07) is 14.8. The third kappa shape index (κ3) is 3.95. The molecule has 1 heterocycles. The standard InChI is InChI=1S/C18H14F2N4O/c19-14-8-13(9-15(20)10-14)16-6-7-17(25)24(23-16)11-22-18(21)12-4-2-1-3-5-12/h1-10H,11H2,(H2,21,22). The maximum atomic E-state index is 13.4. The van der Waals surface area contributed by atoms with Crippen molar-refractivity contribution < 1.29 is 8.78 Å². The predicted molar refractivity (Wildman–Crippen MR) is 91.0 cm³/mol. The Hall–Kier alpha value is -3.35. The zero-order valence-electron chi connectivity index (χ0n) is 13.1. The quantitative estimate of drug-likeness (QED) is 0.586. The summed E-state index contributed by atoms with van der Waals surface area (Å²) < 4.78 is 27.8. The van der Waals surface area contributed by atoms with E-state index in [1.54, 1.807) is 12.1 Å². The molecule has 0 fully saturated rings. The van der Waals surface area contributed by atoms with Crippen LogP contribution in [0.1, 0.15) is 5.56 Å². The van der Waals surface area contributed by atoms with Crippen LogP contribution < -0.4 is 11.3 Å². The number of hydrogen-bond donors (Lipinski definition) is 1. The van der Waals surface area contributed by atoms with Crippen molar-refractivity contribution >= 4 is 5.84 Å². The van der Waals surface area contributed by atoms with E-state index in [1.165, 1.54) is 12.1 Å². The third-order valence-electron chi connectivity index (χ3n) is 3.47. The van der Waals surface area contributed by atoms with E-state index in [0.717, 1.165) is 28.4 Å². The largest absolute Gasteiger partial charge is 0.383 e. The molecule has 0 radical (unpaired) electrons.